The van der Waals surface area contributed by atoms with Crippen molar-refractivity contribution in [2.24, 2.45) is 0 Å². The van der Waals surface area contributed by atoms with E-state index < -0.39 is 6.23 Å². The summed E-state index contributed by atoms with van der Waals surface area (Å²) in [6.07, 6.45) is 0.861. The first-order valence-corrected chi connectivity index (χ1v) is 6.96. The van der Waals surface area contributed by atoms with Crippen LogP contribution in [0.25, 0.3) is 10.9 Å². The van der Waals surface area contributed by atoms with E-state index in [0.29, 0.717) is 6.54 Å². The number of furan rings is 1. The van der Waals surface area contributed by atoms with Gasteiger partial charge in [-0.25, -0.2) is 0 Å². The first kappa shape index (κ1) is 13.8. The molecular formula is C17H18N2O2. The third-order valence-electron chi connectivity index (χ3n) is 3.55. The summed E-state index contributed by atoms with van der Waals surface area (Å²) >= 11 is 0. The lowest BCUT2D eigenvalue weighted by molar-refractivity contribution is 0.135. The molecule has 3 rings (SSSR count). The predicted octanol–water partition coefficient (Wildman–Crippen LogP) is 3.23. The van der Waals surface area contributed by atoms with Gasteiger partial charge in [-0.1, -0.05) is 18.2 Å². The van der Waals surface area contributed by atoms with Crippen LogP contribution in [0, 0.1) is 13.8 Å². The number of benzene rings is 1. The van der Waals surface area contributed by atoms with E-state index in [2.05, 4.69) is 10.3 Å². The molecule has 2 N–H and O–H groups in total. The van der Waals surface area contributed by atoms with E-state index in [1.165, 1.54) is 0 Å². The maximum atomic E-state index is 10.5. The number of aromatic nitrogens is 1. The molecule has 108 valence electrons. The number of hydrogen-bond donors (Lipinski definition) is 2. The number of nitrogens with one attached hydrogen (secondary N) is 1. The Balaban J connectivity index is 1.93. The summed E-state index contributed by atoms with van der Waals surface area (Å²) in [4.78, 5) is 4.57. The number of aryl methyl sites for hydroxylation is 2. The maximum Gasteiger partial charge on any atom is 0.132 e. The Morgan fingerprint density at radius 2 is 2.10 bits per heavy atom. The van der Waals surface area contributed by atoms with Gasteiger partial charge in [-0.15, -0.1) is 0 Å². The van der Waals surface area contributed by atoms with Crippen LogP contribution in [0.3, 0.4) is 0 Å². The minimum Gasteiger partial charge on any atom is -0.468 e. The quantitative estimate of drug-likeness (QED) is 0.721. The van der Waals surface area contributed by atoms with Crippen molar-refractivity contribution in [2.75, 3.05) is 0 Å². The normalized spacial score (nSPS) is 12.7. The molecule has 2 aromatic heterocycles. The van der Waals surface area contributed by atoms with Crippen molar-refractivity contribution in [3.8, 4) is 0 Å². The molecule has 21 heavy (non-hydrogen) atoms. The molecule has 0 aliphatic rings. The van der Waals surface area contributed by atoms with E-state index >= 15 is 0 Å². The SMILES string of the molecule is Cc1cc(C(O)NCc2ccco2)c2cccc(C)c2n1. The largest absolute Gasteiger partial charge is 0.468 e. The number of para-hydroxylation sites is 1. The number of nitrogens with zero attached hydrogens (tertiary/aromatic N) is 1. The Morgan fingerprint density at radius 1 is 1.24 bits per heavy atom. The Kier molecular flexibility index (Phi) is 3.73. The zero-order valence-electron chi connectivity index (χ0n) is 12.1. The second kappa shape index (κ2) is 5.68. The van der Waals surface area contributed by atoms with E-state index in [4.69, 9.17) is 4.42 Å². The van der Waals surface area contributed by atoms with Gasteiger partial charge >= 0.3 is 0 Å². The van der Waals surface area contributed by atoms with E-state index in [0.717, 1.165) is 33.5 Å². The van der Waals surface area contributed by atoms with Gasteiger partial charge in [0.15, 0.2) is 0 Å². The minimum absolute atomic E-state index is 0.475. The van der Waals surface area contributed by atoms with Crippen LogP contribution < -0.4 is 5.32 Å². The van der Waals surface area contributed by atoms with E-state index in [-0.39, 0.29) is 0 Å². The highest BCUT2D eigenvalue weighted by Crippen LogP contribution is 2.25. The van der Waals surface area contributed by atoms with E-state index in [1.807, 2.05) is 50.2 Å². The molecule has 1 unspecified atom stereocenters. The van der Waals surface area contributed by atoms with Crippen LogP contribution in [0.1, 0.15) is 28.8 Å². The Morgan fingerprint density at radius 3 is 2.86 bits per heavy atom. The molecular weight excluding hydrogens is 264 g/mol. The van der Waals surface area contributed by atoms with Crippen molar-refractivity contribution in [1.82, 2.24) is 10.3 Å². The molecule has 1 aromatic carbocycles. The second-order valence-corrected chi connectivity index (χ2v) is 5.19. The zero-order chi connectivity index (χ0) is 14.8. The summed E-state index contributed by atoms with van der Waals surface area (Å²) in [7, 11) is 0. The summed E-state index contributed by atoms with van der Waals surface area (Å²) in [6.45, 7) is 4.44. The highest BCUT2D eigenvalue weighted by atomic mass is 16.3. The summed E-state index contributed by atoms with van der Waals surface area (Å²) in [5.74, 6) is 0.792. The van der Waals surface area contributed by atoms with Gasteiger partial charge in [0.25, 0.3) is 0 Å². The van der Waals surface area contributed by atoms with Crippen molar-refractivity contribution < 1.29 is 9.52 Å². The topological polar surface area (TPSA) is 58.3 Å². The Labute approximate surface area is 123 Å². The summed E-state index contributed by atoms with van der Waals surface area (Å²) in [6, 6.07) is 11.6. The van der Waals surface area contributed by atoms with Crippen LogP contribution >= 0.6 is 0 Å². The molecule has 0 saturated heterocycles. The second-order valence-electron chi connectivity index (χ2n) is 5.19. The average Bonchev–Trinajstić information content (AvgIpc) is 2.98. The molecule has 0 saturated carbocycles. The monoisotopic (exact) mass is 282 g/mol. The molecule has 0 aliphatic carbocycles. The van der Waals surface area contributed by atoms with Crippen molar-refractivity contribution in [1.29, 1.82) is 0 Å². The van der Waals surface area contributed by atoms with Gasteiger partial charge in [0, 0.05) is 16.6 Å². The third-order valence-corrected chi connectivity index (χ3v) is 3.55. The van der Waals surface area contributed by atoms with Crippen LogP contribution in [0.15, 0.2) is 47.1 Å². The number of aliphatic hydroxyl groups is 1. The zero-order valence-corrected chi connectivity index (χ0v) is 12.1. The first-order chi connectivity index (χ1) is 10.1. The summed E-state index contributed by atoms with van der Waals surface area (Å²) in [5.41, 5.74) is 3.78. The van der Waals surface area contributed by atoms with Gasteiger partial charge in [0.05, 0.1) is 18.3 Å². The standard InChI is InChI=1S/C17H18N2O2/c1-11-5-3-7-14-15(9-12(2)19-16(11)14)17(20)18-10-13-6-4-8-21-13/h3-9,17-18,20H,10H2,1-2H3. The van der Waals surface area contributed by atoms with E-state index in [1.54, 1.807) is 6.26 Å². The fourth-order valence-corrected chi connectivity index (χ4v) is 2.50. The number of rotatable bonds is 4. The fourth-order valence-electron chi connectivity index (χ4n) is 2.50. The fraction of sp³-hybridized carbons (Fsp3) is 0.235. The smallest absolute Gasteiger partial charge is 0.132 e. The van der Waals surface area contributed by atoms with Crippen molar-refractivity contribution >= 4 is 10.9 Å². The van der Waals surface area contributed by atoms with Crippen molar-refractivity contribution in [2.45, 2.75) is 26.6 Å². The van der Waals surface area contributed by atoms with Gasteiger partial charge in [-0.3, -0.25) is 10.3 Å². The average molecular weight is 282 g/mol. The number of hydrogen-bond acceptors (Lipinski definition) is 4. The highest BCUT2D eigenvalue weighted by Gasteiger charge is 2.13. The number of fused-ring (bicyclic) bond motifs is 1. The number of aliphatic hydroxyl groups excluding tert-OH is 1. The summed E-state index contributed by atoms with van der Waals surface area (Å²) < 4.78 is 5.26. The molecule has 0 radical (unpaired) electrons. The van der Waals surface area contributed by atoms with Gasteiger partial charge in [-0.2, -0.15) is 0 Å². The number of pyridine rings is 1. The first-order valence-electron chi connectivity index (χ1n) is 6.96. The Hall–Kier alpha value is -2.17. The van der Waals surface area contributed by atoms with Crippen molar-refractivity contribution in [3.63, 3.8) is 0 Å². The van der Waals surface area contributed by atoms with Gasteiger partial charge in [0.1, 0.15) is 12.0 Å². The molecule has 3 aromatic rings. The molecule has 1 atom stereocenters. The lowest BCUT2D eigenvalue weighted by Gasteiger charge is -2.16. The van der Waals surface area contributed by atoms with Gasteiger partial charge in [0.2, 0.25) is 0 Å². The molecule has 0 bridgehead atoms. The van der Waals surface area contributed by atoms with Crippen LogP contribution in [0.4, 0.5) is 0 Å². The molecule has 4 heteroatoms. The van der Waals surface area contributed by atoms with Crippen LogP contribution in [-0.2, 0) is 6.54 Å². The lowest BCUT2D eigenvalue weighted by Crippen LogP contribution is -2.20. The summed E-state index contributed by atoms with van der Waals surface area (Å²) in [5, 5.41) is 14.5. The van der Waals surface area contributed by atoms with E-state index in [9.17, 15) is 5.11 Å². The lowest BCUT2D eigenvalue weighted by atomic mass is 10.0. The molecule has 0 spiro atoms. The molecule has 0 amide bonds. The molecule has 0 aliphatic heterocycles. The Bertz CT molecular complexity index is 751. The van der Waals surface area contributed by atoms with Crippen LogP contribution in [0.2, 0.25) is 0 Å². The third kappa shape index (κ3) is 2.82. The maximum absolute atomic E-state index is 10.5. The minimum atomic E-state index is -0.763. The van der Waals surface area contributed by atoms with Crippen LogP contribution in [-0.4, -0.2) is 10.1 Å². The van der Waals surface area contributed by atoms with Crippen molar-refractivity contribution in [3.05, 3.63) is 65.2 Å². The molecule has 4 nitrogen and oxygen atoms in total. The predicted molar refractivity (Wildman–Crippen MR) is 81.7 cm³/mol. The van der Waals surface area contributed by atoms with Gasteiger partial charge < -0.3 is 9.52 Å². The van der Waals surface area contributed by atoms with Crippen LogP contribution in [0.5, 0.6) is 0 Å². The highest BCUT2D eigenvalue weighted by molar-refractivity contribution is 5.85. The molecule has 2 heterocycles. The molecule has 0 fully saturated rings. The van der Waals surface area contributed by atoms with Gasteiger partial charge in [-0.05, 0) is 37.6 Å².